The maximum absolute atomic E-state index is 11.8. The summed E-state index contributed by atoms with van der Waals surface area (Å²) in [5, 5.41) is 0. The third kappa shape index (κ3) is 3.05. The van der Waals surface area contributed by atoms with Crippen molar-refractivity contribution in [2.24, 2.45) is 0 Å². The first-order valence-corrected chi connectivity index (χ1v) is 6.33. The minimum atomic E-state index is -0.787. The van der Waals surface area contributed by atoms with Crippen LogP contribution >= 0.6 is 0 Å². The van der Waals surface area contributed by atoms with Crippen LogP contribution in [0.2, 0.25) is 0 Å². The van der Waals surface area contributed by atoms with Gasteiger partial charge in [0.15, 0.2) is 12.2 Å². The van der Waals surface area contributed by atoms with E-state index in [1.807, 2.05) is 0 Å². The highest BCUT2D eigenvalue weighted by Gasteiger charge is 2.29. The molecule has 1 aromatic carbocycles. The van der Waals surface area contributed by atoms with Gasteiger partial charge in [0, 0.05) is 0 Å². The van der Waals surface area contributed by atoms with Crippen molar-refractivity contribution in [3.63, 3.8) is 0 Å². The zero-order chi connectivity index (χ0) is 13.8. The van der Waals surface area contributed by atoms with Crippen molar-refractivity contribution in [2.75, 3.05) is 0 Å². The molecule has 2 bridgehead atoms. The Hall–Kier alpha value is -2.04. The summed E-state index contributed by atoms with van der Waals surface area (Å²) >= 11 is 0. The average Bonchev–Trinajstić information content (AvgIpc) is 2.45. The molecule has 2 aliphatic heterocycles. The van der Waals surface area contributed by atoms with Gasteiger partial charge in [0.1, 0.15) is 11.5 Å². The van der Waals surface area contributed by atoms with Gasteiger partial charge < -0.3 is 14.2 Å². The second-order valence-corrected chi connectivity index (χ2v) is 4.24. The van der Waals surface area contributed by atoms with Crippen LogP contribution in [0.5, 0.6) is 11.5 Å². The summed E-state index contributed by atoms with van der Waals surface area (Å²) in [6.45, 7) is 3.58. The Morgan fingerprint density at radius 3 is 1.53 bits per heavy atom. The van der Waals surface area contributed by atoms with Crippen LogP contribution < -0.4 is 9.47 Å². The Kier molecular flexibility index (Phi) is 4.04. The molecule has 0 fully saturated rings. The Balaban J connectivity index is 2.33. The summed E-state index contributed by atoms with van der Waals surface area (Å²) in [4.78, 5) is 23.7. The van der Waals surface area contributed by atoms with Crippen LogP contribution in [0.1, 0.15) is 26.7 Å². The van der Waals surface area contributed by atoms with Gasteiger partial charge in [0.2, 0.25) is 0 Å². The lowest BCUT2D eigenvalue weighted by atomic mass is 10.2. The predicted molar refractivity (Wildman–Crippen MR) is 67.0 cm³/mol. The summed E-state index contributed by atoms with van der Waals surface area (Å²) in [6.07, 6.45) is -0.729. The molecule has 2 unspecified atom stereocenters. The topological polar surface area (TPSA) is 61.8 Å². The van der Waals surface area contributed by atoms with Crippen molar-refractivity contribution in [2.45, 2.75) is 38.9 Å². The summed E-state index contributed by atoms with van der Waals surface area (Å²) in [7, 11) is 0. The highest BCUT2D eigenvalue weighted by molar-refractivity contribution is 5.90. The van der Waals surface area contributed by atoms with Crippen LogP contribution in [0.25, 0.3) is 0 Å². The first-order chi connectivity index (χ1) is 9.13. The van der Waals surface area contributed by atoms with Crippen molar-refractivity contribution >= 4 is 11.9 Å². The number of rotatable bonds is 2. The normalized spacial score (nSPS) is 23.1. The number of benzene rings is 1. The van der Waals surface area contributed by atoms with Gasteiger partial charge in [-0.05, 0) is 37.1 Å². The second-order valence-electron chi connectivity index (χ2n) is 4.24. The standard InChI is InChI=1S/C14H16O5/c1-3-11-13(15)19-14(16)12(4-2)18-10-7-5-9(17-11)6-8-10/h5-8,11-12H,3-4H2,1-2H3. The maximum atomic E-state index is 11.8. The fourth-order valence-corrected chi connectivity index (χ4v) is 1.75. The van der Waals surface area contributed by atoms with Crippen molar-refractivity contribution in [3.05, 3.63) is 24.3 Å². The Morgan fingerprint density at radius 1 is 0.842 bits per heavy atom. The first kappa shape index (κ1) is 13.4. The second kappa shape index (κ2) is 5.73. The van der Waals surface area contributed by atoms with Gasteiger partial charge in [-0.15, -0.1) is 0 Å². The SMILES string of the molecule is CCC1Oc2ccc(cc2)OC(CC)C(=O)OC1=O. The van der Waals surface area contributed by atoms with Gasteiger partial charge >= 0.3 is 11.9 Å². The molecule has 1 aromatic rings. The van der Waals surface area contributed by atoms with Gasteiger partial charge in [-0.1, -0.05) is 13.8 Å². The van der Waals surface area contributed by atoms with E-state index in [0.29, 0.717) is 24.3 Å². The maximum Gasteiger partial charge on any atom is 0.355 e. The van der Waals surface area contributed by atoms with Crippen molar-refractivity contribution in [3.8, 4) is 11.5 Å². The van der Waals surface area contributed by atoms with Crippen LogP contribution in [0.4, 0.5) is 0 Å². The van der Waals surface area contributed by atoms with Crippen molar-refractivity contribution in [1.82, 2.24) is 0 Å². The van der Waals surface area contributed by atoms with E-state index in [2.05, 4.69) is 0 Å². The molecule has 2 heterocycles. The number of carbonyl (C=O) groups excluding carboxylic acids is 2. The van der Waals surface area contributed by atoms with Crippen LogP contribution in [0.3, 0.4) is 0 Å². The summed E-state index contributed by atoms with van der Waals surface area (Å²) < 4.78 is 15.8. The van der Waals surface area contributed by atoms with Crippen molar-refractivity contribution < 1.29 is 23.8 Å². The molecule has 0 saturated heterocycles. The minimum absolute atomic E-state index is 0.422. The third-order valence-corrected chi connectivity index (χ3v) is 2.85. The largest absolute Gasteiger partial charge is 0.479 e. The van der Waals surface area contributed by atoms with Crippen molar-refractivity contribution in [1.29, 1.82) is 0 Å². The zero-order valence-electron chi connectivity index (χ0n) is 10.9. The molecule has 0 spiro atoms. The number of ether oxygens (including phenoxy) is 3. The predicted octanol–water partition coefficient (Wildman–Crippen LogP) is 2.08. The number of hydrogen-bond donors (Lipinski definition) is 0. The smallest absolute Gasteiger partial charge is 0.355 e. The fraction of sp³-hybridized carbons (Fsp3) is 0.429. The van der Waals surface area contributed by atoms with E-state index >= 15 is 0 Å². The highest BCUT2D eigenvalue weighted by atomic mass is 16.6. The fourth-order valence-electron chi connectivity index (χ4n) is 1.75. The molecule has 0 N–H and O–H groups in total. The lowest BCUT2D eigenvalue weighted by Gasteiger charge is -2.16. The molecule has 0 aliphatic carbocycles. The molecule has 102 valence electrons. The first-order valence-electron chi connectivity index (χ1n) is 6.33. The van der Waals surface area contributed by atoms with E-state index in [1.54, 1.807) is 38.1 Å². The van der Waals surface area contributed by atoms with Gasteiger partial charge in [0.25, 0.3) is 0 Å². The molecule has 2 atom stereocenters. The van der Waals surface area contributed by atoms with E-state index in [1.165, 1.54) is 0 Å². The molecule has 2 aliphatic rings. The van der Waals surface area contributed by atoms with E-state index in [0.717, 1.165) is 0 Å². The van der Waals surface area contributed by atoms with Crippen LogP contribution in [-0.4, -0.2) is 24.1 Å². The number of carbonyl (C=O) groups is 2. The zero-order valence-corrected chi connectivity index (χ0v) is 10.9. The molecule has 0 amide bonds. The Morgan fingerprint density at radius 2 is 1.21 bits per heavy atom. The molecule has 5 heteroatoms. The van der Waals surface area contributed by atoms with Gasteiger partial charge in [-0.3, -0.25) is 0 Å². The monoisotopic (exact) mass is 264 g/mol. The highest BCUT2D eigenvalue weighted by Crippen LogP contribution is 2.22. The van der Waals surface area contributed by atoms with Crippen LogP contribution in [-0.2, 0) is 14.3 Å². The van der Waals surface area contributed by atoms with Gasteiger partial charge in [0.05, 0.1) is 0 Å². The van der Waals surface area contributed by atoms with E-state index in [-0.39, 0.29) is 0 Å². The number of hydrogen-bond acceptors (Lipinski definition) is 5. The Labute approximate surface area is 111 Å². The molecular formula is C14H16O5. The van der Waals surface area contributed by atoms with Gasteiger partial charge in [-0.25, -0.2) is 9.59 Å². The molecule has 0 saturated carbocycles. The summed E-state index contributed by atoms with van der Waals surface area (Å²) in [6, 6.07) is 6.81. The molecular weight excluding hydrogens is 248 g/mol. The summed E-state index contributed by atoms with van der Waals surface area (Å²) in [5.74, 6) is -0.282. The van der Waals surface area contributed by atoms with E-state index in [9.17, 15) is 9.59 Å². The van der Waals surface area contributed by atoms with Crippen LogP contribution in [0, 0.1) is 0 Å². The molecule has 5 nitrogen and oxygen atoms in total. The molecule has 0 aromatic heterocycles. The van der Waals surface area contributed by atoms with E-state index < -0.39 is 24.1 Å². The van der Waals surface area contributed by atoms with E-state index in [4.69, 9.17) is 14.2 Å². The quantitative estimate of drug-likeness (QED) is 0.465. The van der Waals surface area contributed by atoms with Gasteiger partial charge in [-0.2, -0.15) is 0 Å². The van der Waals surface area contributed by atoms with Crippen LogP contribution in [0.15, 0.2) is 24.3 Å². The molecule has 19 heavy (non-hydrogen) atoms. The lowest BCUT2D eigenvalue weighted by molar-refractivity contribution is -0.169. The number of fused-ring (bicyclic) bond motifs is 8. The third-order valence-electron chi connectivity index (χ3n) is 2.85. The average molecular weight is 264 g/mol. The molecule has 0 radical (unpaired) electrons. The minimum Gasteiger partial charge on any atom is -0.479 e. The number of esters is 2. The Bertz CT molecular complexity index is 422. The molecule has 3 rings (SSSR count). The lowest BCUT2D eigenvalue weighted by Crippen LogP contribution is -2.35. The summed E-state index contributed by atoms with van der Waals surface area (Å²) in [5.41, 5.74) is 0.